The van der Waals surface area contributed by atoms with Crippen molar-refractivity contribution < 1.29 is 19.0 Å². The van der Waals surface area contributed by atoms with Gasteiger partial charge in [-0.3, -0.25) is 4.90 Å². The number of aryl methyl sites for hydroxylation is 1. The molecule has 2 unspecified atom stereocenters. The van der Waals surface area contributed by atoms with E-state index in [4.69, 9.17) is 0 Å². The van der Waals surface area contributed by atoms with Gasteiger partial charge in [-0.1, -0.05) is 30.3 Å². The summed E-state index contributed by atoms with van der Waals surface area (Å²) in [7, 11) is 0. The maximum atomic E-state index is 13.4. The molecular formula is C20H23F2NO2. The van der Waals surface area contributed by atoms with Gasteiger partial charge in [-0.15, -0.1) is 0 Å². The largest absolute Gasteiger partial charge is 0.396 e. The minimum absolute atomic E-state index is 0.0755. The Bertz CT molecular complexity index is 723. The first-order valence-electron chi connectivity index (χ1n) is 8.66. The Morgan fingerprint density at radius 3 is 2.68 bits per heavy atom. The van der Waals surface area contributed by atoms with Crippen LogP contribution in [0.25, 0.3) is 0 Å². The highest BCUT2D eigenvalue weighted by Crippen LogP contribution is 2.36. The van der Waals surface area contributed by atoms with Crippen LogP contribution in [0.5, 0.6) is 0 Å². The molecule has 0 aromatic heterocycles. The van der Waals surface area contributed by atoms with Gasteiger partial charge in [-0.2, -0.15) is 0 Å². The maximum absolute atomic E-state index is 13.4. The van der Waals surface area contributed by atoms with E-state index in [9.17, 15) is 19.0 Å². The van der Waals surface area contributed by atoms with E-state index in [-0.39, 0.29) is 12.6 Å². The molecule has 0 heterocycles. The fourth-order valence-electron chi connectivity index (χ4n) is 3.61. The standard InChI is InChI=1S/C20H23F2NO2/c21-17-8-6-15(12-18(17)22)20(25)13-23(10-3-11-24)19-9-7-14-4-1-2-5-16(14)19/h1-2,4-6,8,12,19-20,24-25H,3,7,9-11,13H2. The predicted octanol–water partition coefficient (Wildman–Crippen LogP) is 3.37. The third-order valence-corrected chi connectivity index (χ3v) is 4.88. The summed E-state index contributed by atoms with van der Waals surface area (Å²) < 4.78 is 26.6. The van der Waals surface area contributed by atoms with E-state index in [0.29, 0.717) is 25.1 Å². The fourth-order valence-corrected chi connectivity index (χ4v) is 3.61. The van der Waals surface area contributed by atoms with E-state index in [1.54, 1.807) is 0 Å². The summed E-state index contributed by atoms with van der Waals surface area (Å²) in [6.07, 6.45) is 1.62. The topological polar surface area (TPSA) is 43.7 Å². The molecule has 2 atom stereocenters. The van der Waals surface area contributed by atoms with Crippen LogP contribution in [0.2, 0.25) is 0 Å². The molecule has 3 rings (SSSR count). The van der Waals surface area contributed by atoms with Crippen molar-refractivity contribution in [1.29, 1.82) is 0 Å². The molecule has 3 nitrogen and oxygen atoms in total. The summed E-state index contributed by atoms with van der Waals surface area (Å²) in [4.78, 5) is 2.13. The van der Waals surface area contributed by atoms with E-state index < -0.39 is 17.7 Å². The summed E-state index contributed by atoms with van der Waals surface area (Å²) in [6.45, 7) is 1.02. The second-order valence-electron chi connectivity index (χ2n) is 6.51. The zero-order valence-electron chi connectivity index (χ0n) is 14.0. The lowest BCUT2D eigenvalue weighted by atomic mass is 10.0. The monoisotopic (exact) mass is 347 g/mol. The van der Waals surface area contributed by atoms with E-state index in [1.807, 2.05) is 12.1 Å². The third-order valence-electron chi connectivity index (χ3n) is 4.88. The number of aliphatic hydroxyl groups is 2. The van der Waals surface area contributed by atoms with Gasteiger partial charge in [0.05, 0.1) is 6.10 Å². The van der Waals surface area contributed by atoms with E-state index >= 15 is 0 Å². The normalized spacial score (nSPS) is 17.7. The second kappa shape index (κ2) is 8.04. The highest BCUT2D eigenvalue weighted by atomic mass is 19.2. The first-order chi connectivity index (χ1) is 12.1. The molecule has 2 aromatic carbocycles. The lowest BCUT2D eigenvalue weighted by Crippen LogP contribution is -2.33. The van der Waals surface area contributed by atoms with E-state index in [0.717, 1.165) is 25.0 Å². The molecule has 1 aliphatic rings. The van der Waals surface area contributed by atoms with Crippen LogP contribution >= 0.6 is 0 Å². The predicted molar refractivity (Wildman–Crippen MR) is 92.1 cm³/mol. The minimum Gasteiger partial charge on any atom is -0.396 e. The van der Waals surface area contributed by atoms with Crippen molar-refractivity contribution in [3.8, 4) is 0 Å². The van der Waals surface area contributed by atoms with Crippen LogP contribution in [0.4, 0.5) is 8.78 Å². The molecule has 0 spiro atoms. The molecule has 5 heteroatoms. The molecule has 0 fully saturated rings. The SMILES string of the molecule is OCCCN(CC(O)c1ccc(F)c(F)c1)C1CCc2ccccc21. The number of nitrogens with zero attached hydrogens (tertiary/aromatic N) is 1. The van der Waals surface area contributed by atoms with E-state index in [2.05, 4.69) is 17.0 Å². The number of fused-ring (bicyclic) bond motifs is 1. The summed E-state index contributed by atoms with van der Waals surface area (Å²) in [5.74, 6) is -1.87. The van der Waals surface area contributed by atoms with Gasteiger partial charge < -0.3 is 10.2 Å². The Labute approximate surface area is 146 Å². The molecule has 0 radical (unpaired) electrons. The molecule has 0 aliphatic heterocycles. The van der Waals surface area contributed by atoms with E-state index in [1.165, 1.54) is 17.2 Å². The van der Waals surface area contributed by atoms with Gasteiger partial charge >= 0.3 is 0 Å². The van der Waals surface area contributed by atoms with Crippen molar-refractivity contribution in [3.05, 3.63) is 70.8 Å². The van der Waals surface area contributed by atoms with Gasteiger partial charge in [0, 0.05) is 25.7 Å². The first-order valence-corrected chi connectivity index (χ1v) is 8.66. The van der Waals surface area contributed by atoms with Crippen molar-refractivity contribution in [3.63, 3.8) is 0 Å². The lowest BCUT2D eigenvalue weighted by molar-refractivity contribution is 0.0806. The Morgan fingerprint density at radius 1 is 1.12 bits per heavy atom. The summed E-state index contributed by atoms with van der Waals surface area (Å²) in [5.41, 5.74) is 2.92. The summed E-state index contributed by atoms with van der Waals surface area (Å²) in [6, 6.07) is 11.9. The molecule has 0 amide bonds. The molecule has 0 saturated heterocycles. The zero-order valence-corrected chi connectivity index (χ0v) is 14.0. The van der Waals surface area contributed by atoms with Crippen molar-refractivity contribution in [1.82, 2.24) is 4.90 Å². The Morgan fingerprint density at radius 2 is 1.92 bits per heavy atom. The van der Waals surface area contributed by atoms with Gasteiger partial charge in [0.15, 0.2) is 11.6 Å². The van der Waals surface area contributed by atoms with Gasteiger partial charge in [0.25, 0.3) is 0 Å². The molecule has 134 valence electrons. The number of rotatable bonds is 7. The highest BCUT2D eigenvalue weighted by molar-refractivity contribution is 5.34. The number of aliphatic hydroxyl groups excluding tert-OH is 2. The number of halogens is 2. The average molecular weight is 347 g/mol. The molecule has 1 aliphatic carbocycles. The van der Waals surface area contributed by atoms with Crippen LogP contribution in [0, 0.1) is 11.6 Å². The van der Waals surface area contributed by atoms with Crippen molar-refractivity contribution in [2.75, 3.05) is 19.7 Å². The fraction of sp³-hybridized carbons (Fsp3) is 0.400. The Balaban J connectivity index is 1.78. The quantitative estimate of drug-likeness (QED) is 0.807. The van der Waals surface area contributed by atoms with Crippen molar-refractivity contribution in [2.45, 2.75) is 31.4 Å². The number of benzene rings is 2. The first kappa shape index (κ1) is 18.0. The molecule has 0 saturated carbocycles. The van der Waals surface area contributed by atoms with Crippen LogP contribution in [0.15, 0.2) is 42.5 Å². The van der Waals surface area contributed by atoms with Gasteiger partial charge in [0.2, 0.25) is 0 Å². The Hall–Kier alpha value is -1.82. The van der Waals surface area contributed by atoms with Gasteiger partial charge in [0.1, 0.15) is 0 Å². The highest BCUT2D eigenvalue weighted by Gasteiger charge is 2.29. The summed E-state index contributed by atoms with van der Waals surface area (Å²) >= 11 is 0. The zero-order chi connectivity index (χ0) is 17.8. The minimum atomic E-state index is -0.954. The van der Waals surface area contributed by atoms with Crippen molar-refractivity contribution in [2.24, 2.45) is 0 Å². The molecule has 25 heavy (non-hydrogen) atoms. The summed E-state index contributed by atoms with van der Waals surface area (Å²) in [5, 5.41) is 19.7. The smallest absolute Gasteiger partial charge is 0.159 e. The maximum Gasteiger partial charge on any atom is 0.159 e. The second-order valence-corrected chi connectivity index (χ2v) is 6.51. The number of hydrogen-bond acceptors (Lipinski definition) is 3. The third kappa shape index (κ3) is 4.06. The van der Waals surface area contributed by atoms with Crippen LogP contribution in [0.1, 0.15) is 41.7 Å². The molecular weight excluding hydrogens is 324 g/mol. The van der Waals surface area contributed by atoms with Crippen molar-refractivity contribution >= 4 is 0 Å². The van der Waals surface area contributed by atoms with Crippen LogP contribution in [-0.4, -0.2) is 34.8 Å². The van der Waals surface area contributed by atoms with Crippen LogP contribution < -0.4 is 0 Å². The Kier molecular flexibility index (Phi) is 5.78. The molecule has 2 aromatic rings. The average Bonchev–Trinajstić information content (AvgIpc) is 3.05. The lowest BCUT2D eigenvalue weighted by Gasteiger charge is -2.31. The van der Waals surface area contributed by atoms with Gasteiger partial charge in [-0.25, -0.2) is 8.78 Å². The molecule has 2 N–H and O–H groups in total. The molecule has 0 bridgehead atoms. The number of hydrogen-bond donors (Lipinski definition) is 2. The van der Waals surface area contributed by atoms with Crippen LogP contribution in [0.3, 0.4) is 0 Å². The van der Waals surface area contributed by atoms with Gasteiger partial charge in [-0.05, 0) is 48.1 Å². The van der Waals surface area contributed by atoms with Crippen LogP contribution in [-0.2, 0) is 6.42 Å².